The van der Waals surface area contributed by atoms with Gasteiger partial charge in [0.15, 0.2) is 0 Å². The van der Waals surface area contributed by atoms with Gasteiger partial charge in [-0.2, -0.15) is 0 Å². The first kappa shape index (κ1) is 15.6. The fourth-order valence-corrected chi connectivity index (χ4v) is 2.78. The lowest BCUT2D eigenvalue weighted by Crippen LogP contribution is -2.42. The van der Waals surface area contributed by atoms with Crippen molar-refractivity contribution >= 4 is 5.91 Å². The molecule has 3 rings (SSSR count). The van der Waals surface area contributed by atoms with Crippen LogP contribution in [0.1, 0.15) is 17.8 Å². The van der Waals surface area contributed by atoms with Gasteiger partial charge in [-0.1, -0.05) is 12.1 Å². The van der Waals surface area contributed by atoms with Crippen LogP contribution in [0.25, 0.3) is 0 Å². The molecule has 1 aliphatic rings. The molecule has 0 aliphatic carbocycles. The summed E-state index contributed by atoms with van der Waals surface area (Å²) in [5.41, 5.74) is 0.984. The van der Waals surface area contributed by atoms with E-state index in [0.717, 1.165) is 36.5 Å². The third kappa shape index (κ3) is 4.10. The van der Waals surface area contributed by atoms with Gasteiger partial charge in [-0.25, -0.2) is 4.98 Å². The van der Waals surface area contributed by atoms with Crippen LogP contribution < -0.4 is 10.1 Å². The first-order valence-electron chi connectivity index (χ1n) is 7.74. The Hall–Kier alpha value is -2.34. The summed E-state index contributed by atoms with van der Waals surface area (Å²) < 4.78 is 12.7. The lowest BCUT2D eigenvalue weighted by atomic mass is 10.1. The van der Waals surface area contributed by atoms with Gasteiger partial charge >= 0.3 is 0 Å². The van der Waals surface area contributed by atoms with E-state index in [1.807, 2.05) is 30.5 Å². The van der Waals surface area contributed by atoms with E-state index in [1.54, 1.807) is 13.3 Å². The van der Waals surface area contributed by atoms with E-state index in [1.165, 1.54) is 0 Å². The largest absolute Gasteiger partial charge is 0.497 e. The first-order chi connectivity index (χ1) is 11.2. The highest BCUT2D eigenvalue weighted by molar-refractivity contribution is 5.77. The molecule has 1 aromatic heterocycles. The van der Waals surface area contributed by atoms with E-state index >= 15 is 0 Å². The summed E-state index contributed by atoms with van der Waals surface area (Å²) >= 11 is 0. The number of carbonyl (C=O) groups excluding carboxylic acids is 1. The molecule has 0 spiro atoms. The topological polar surface area (TPSA) is 65.4 Å². The number of nitrogens with zero attached hydrogens (tertiary/aromatic N) is 2. The Kier molecular flexibility index (Phi) is 4.92. The standard InChI is InChI=1S/C17H21N3O3/c1-22-15-4-2-3-13(9-15)11-23-12-17(21)19-14-5-6-16-18-7-8-20(16)10-14/h2-4,7-9,14H,5-6,10-12H2,1H3,(H,19,21)/t14-/m1/s1. The molecule has 23 heavy (non-hydrogen) atoms. The molecule has 1 amide bonds. The number of hydrogen-bond acceptors (Lipinski definition) is 4. The van der Waals surface area contributed by atoms with Crippen LogP contribution in [0.3, 0.4) is 0 Å². The van der Waals surface area contributed by atoms with Crippen LogP contribution in [0.15, 0.2) is 36.7 Å². The minimum absolute atomic E-state index is 0.0600. The van der Waals surface area contributed by atoms with Gasteiger partial charge in [0.25, 0.3) is 0 Å². The summed E-state index contributed by atoms with van der Waals surface area (Å²) in [7, 11) is 1.63. The van der Waals surface area contributed by atoms with Crippen LogP contribution in [-0.4, -0.2) is 35.2 Å². The molecule has 6 heteroatoms. The van der Waals surface area contributed by atoms with Crippen molar-refractivity contribution in [3.05, 3.63) is 48.0 Å². The number of nitrogens with one attached hydrogen (secondary N) is 1. The molecule has 0 unspecified atom stereocenters. The summed E-state index contributed by atoms with van der Waals surface area (Å²) in [6, 6.07) is 7.78. The highest BCUT2D eigenvalue weighted by Gasteiger charge is 2.20. The predicted octanol–water partition coefficient (Wildman–Crippen LogP) is 1.54. The number of aryl methyl sites for hydroxylation is 1. The molecule has 6 nitrogen and oxygen atoms in total. The fourth-order valence-electron chi connectivity index (χ4n) is 2.78. The SMILES string of the molecule is COc1cccc(COCC(=O)N[C@@H]2CCc3nccn3C2)c1. The molecule has 1 N–H and O–H groups in total. The normalized spacial score (nSPS) is 16.7. The Bertz CT molecular complexity index is 669. The van der Waals surface area contributed by atoms with Crippen molar-refractivity contribution < 1.29 is 14.3 Å². The highest BCUT2D eigenvalue weighted by atomic mass is 16.5. The number of carbonyl (C=O) groups is 1. The maximum atomic E-state index is 12.0. The number of aromatic nitrogens is 2. The Balaban J connectivity index is 1.41. The van der Waals surface area contributed by atoms with Crippen molar-refractivity contribution in [2.24, 2.45) is 0 Å². The van der Waals surface area contributed by atoms with Crippen molar-refractivity contribution in [3.8, 4) is 5.75 Å². The molecular formula is C17H21N3O3. The van der Waals surface area contributed by atoms with Crippen LogP contribution in [0.5, 0.6) is 5.75 Å². The summed E-state index contributed by atoms with van der Waals surface area (Å²) in [6.07, 6.45) is 5.56. The molecule has 0 saturated carbocycles. The number of ether oxygens (including phenoxy) is 2. The highest BCUT2D eigenvalue weighted by Crippen LogP contribution is 2.14. The molecule has 2 heterocycles. The lowest BCUT2D eigenvalue weighted by Gasteiger charge is -2.24. The third-order valence-electron chi connectivity index (χ3n) is 3.94. The van der Waals surface area contributed by atoms with Crippen molar-refractivity contribution in [3.63, 3.8) is 0 Å². The molecule has 2 aromatic rings. The smallest absolute Gasteiger partial charge is 0.246 e. The van der Waals surface area contributed by atoms with Crippen molar-refractivity contribution in [2.45, 2.75) is 32.0 Å². The molecular weight excluding hydrogens is 294 g/mol. The molecule has 1 atom stereocenters. The Morgan fingerprint density at radius 1 is 1.48 bits per heavy atom. The second kappa shape index (κ2) is 7.28. The van der Waals surface area contributed by atoms with E-state index in [-0.39, 0.29) is 18.6 Å². The molecule has 0 bridgehead atoms. The van der Waals surface area contributed by atoms with E-state index in [0.29, 0.717) is 6.61 Å². The maximum Gasteiger partial charge on any atom is 0.246 e. The number of amides is 1. The molecule has 1 aromatic carbocycles. The van der Waals surface area contributed by atoms with Gasteiger partial charge in [-0.05, 0) is 24.1 Å². The number of benzene rings is 1. The monoisotopic (exact) mass is 315 g/mol. The molecule has 0 radical (unpaired) electrons. The Labute approximate surface area is 135 Å². The van der Waals surface area contributed by atoms with Crippen molar-refractivity contribution in [1.82, 2.24) is 14.9 Å². The minimum atomic E-state index is -0.0820. The number of fused-ring (bicyclic) bond motifs is 1. The zero-order valence-corrected chi connectivity index (χ0v) is 13.2. The van der Waals surface area contributed by atoms with Crippen LogP contribution in [0.2, 0.25) is 0 Å². The van der Waals surface area contributed by atoms with Crippen LogP contribution in [0, 0.1) is 0 Å². The third-order valence-corrected chi connectivity index (χ3v) is 3.94. The van der Waals surface area contributed by atoms with Gasteiger partial charge in [0.1, 0.15) is 18.2 Å². The molecule has 0 fully saturated rings. The van der Waals surface area contributed by atoms with E-state index in [9.17, 15) is 4.79 Å². The second-order valence-electron chi connectivity index (χ2n) is 5.64. The minimum Gasteiger partial charge on any atom is -0.497 e. The number of hydrogen-bond donors (Lipinski definition) is 1. The van der Waals surface area contributed by atoms with Crippen LogP contribution in [0.4, 0.5) is 0 Å². The maximum absolute atomic E-state index is 12.0. The zero-order valence-electron chi connectivity index (χ0n) is 13.2. The quantitative estimate of drug-likeness (QED) is 0.878. The Morgan fingerprint density at radius 3 is 3.26 bits per heavy atom. The first-order valence-corrected chi connectivity index (χ1v) is 7.74. The predicted molar refractivity (Wildman–Crippen MR) is 85.1 cm³/mol. The number of methoxy groups -OCH3 is 1. The van der Waals surface area contributed by atoms with Gasteiger partial charge in [0, 0.05) is 31.4 Å². The van der Waals surface area contributed by atoms with E-state index < -0.39 is 0 Å². The van der Waals surface area contributed by atoms with Gasteiger partial charge in [0.2, 0.25) is 5.91 Å². The average Bonchev–Trinajstić information content (AvgIpc) is 3.02. The molecule has 122 valence electrons. The summed E-state index contributed by atoms with van der Waals surface area (Å²) in [4.78, 5) is 16.3. The van der Waals surface area contributed by atoms with Crippen molar-refractivity contribution in [1.29, 1.82) is 0 Å². The summed E-state index contributed by atoms with van der Waals surface area (Å²) in [5, 5.41) is 3.02. The van der Waals surface area contributed by atoms with Gasteiger partial charge < -0.3 is 19.4 Å². The number of imidazole rings is 1. The molecule has 0 saturated heterocycles. The average molecular weight is 315 g/mol. The second-order valence-corrected chi connectivity index (χ2v) is 5.64. The van der Waals surface area contributed by atoms with E-state index in [2.05, 4.69) is 14.9 Å². The zero-order chi connectivity index (χ0) is 16.1. The van der Waals surface area contributed by atoms with Crippen LogP contribution >= 0.6 is 0 Å². The van der Waals surface area contributed by atoms with Crippen LogP contribution in [-0.2, 0) is 29.1 Å². The van der Waals surface area contributed by atoms with Gasteiger partial charge in [-0.15, -0.1) is 0 Å². The van der Waals surface area contributed by atoms with Gasteiger partial charge in [-0.3, -0.25) is 4.79 Å². The number of rotatable bonds is 6. The summed E-state index contributed by atoms with van der Waals surface area (Å²) in [5.74, 6) is 1.79. The van der Waals surface area contributed by atoms with Crippen molar-refractivity contribution in [2.75, 3.05) is 13.7 Å². The van der Waals surface area contributed by atoms with E-state index in [4.69, 9.17) is 9.47 Å². The lowest BCUT2D eigenvalue weighted by molar-refractivity contribution is -0.127. The Morgan fingerprint density at radius 2 is 2.39 bits per heavy atom. The fraction of sp³-hybridized carbons (Fsp3) is 0.412. The summed E-state index contributed by atoms with van der Waals surface area (Å²) in [6.45, 7) is 1.22. The molecule has 1 aliphatic heterocycles. The van der Waals surface area contributed by atoms with Gasteiger partial charge in [0.05, 0.1) is 13.7 Å².